The second kappa shape index (κ2) is 3.84. The molecule has 1 rings (SSSR count). The Balaban J connectivity index is 2.91. The lowest BCUT2D eigenvalue weighted by Crippen LogP contribution is -2.25. The van der Waals surface area contributed by atoms with Crippen LogP contribution in [0.15, 0.2) is 21.2 Å². The Morgan fingerprint density at radius 2 is 2.08 bits per heavy atom. The van der Waals surface area contributed by atoms with Gasteiger partial charge >= 0.3 is 0 Å². The number of halogens is 1. The minimum absolute atomic E-state index is 0.145. The molecule has 0 aliphatic rings. The van der Waals surface area contributed by atoms with Gasteiger partial charge in [-0.3, -0.25) is 0 Å². The summed E-state index contributed by atoms with van der Waals surface area (Å²) in [5, 5.41) is 0. The maximum absolute atomic E-state index is 5.72. The highest BCUT2D eigenvalue weighted by molar-refractivity contribution is 9.10. The van der Waals surface area contributed by atoms with Gasteiger partial charge in [0.1, 0.15) is 5.76 Å². The van der Waals surface area contributed by atoms with Crippen LogP contribution >= 0.6 is 15.9 Å². The van der Waals surface area contributed by atoms with Crippen LogP contribution in [-0.4, -0.2) is 6.54 Å². The van der Waals surface area contributed by atoms with E-state index in [0.717, 1.165) is 10.4 Å². The van der Waals surface area contributed by atoms with Crippen molar-refractivity contribution in [1.82, 2.24) is 0 Å². The Bertz CT molecular complexity index is 275. The molecule has 13 heavy (non-hydrogen) atoms. The smallest absolute Gasteiger partial charge is 0.169 e. The van der Waals surface area contributed by atoms with Crippen molar-refractivity contribution in [3.63, 3.8) is 0 Å². The standard InChI is InChI=1S/C10H16BrNO/c1-10(2,3)7(6-12)8-4-5-9(11)13-8/h4-5,7H,6,12H2,1-3H3. The molecule has 0 fully saturated rings. The van der Waals surface area contributed by atoms with E-state index in [-0.39, 0.29) is 11.3 Å². The molecule has 0 saturated heterocycles. The Labute approximate surface area is 87.6 Å². The number of nitrogens with two attached hydrogens (primary N) is 1. The van der Waals surface area contributed by atoms with Gasteiger partial charge in [0, 0.05) is 12.5 Å². The highest BCUT2D eigenvalue weighted by atomic mass is 79.9. The van der Waals surface area contributed by atoms with Crippen molar-refractivity contribution in [2.75, 3.05) is 6.54 Å². The highest BCUT2D eigenvalue weighted by Gasteiger charge is 2.27. The van der Waals surface area contributed by atoms with Gasteiger partial charge in [0.25, 0.3) is 0 Å². The number of furan rings is 1. The van der Waals surface area contributed by atoms with E-state index >= 15 is 0 Å². The van der Waals surface area contributed by atoms with E-state index in [1.54, 1.807) is 0 Å². The van der Waals surface area contributed by atoms with Crippen LogP contribution in [0.1, 0.15) is 32.4 Å². The summed E-state index contributed by atoms with van der Waals surface area (Å²) >= 11 is 3.29. The van der Waals surface area contributed by atoms with Crippen molar-refractivity contribution >= 4 is 15.9 Å². The average Bonchev–Trinajstić information content (AvgIpc) is 2.34. The Kier molecular flexibility index (Phi) is 3.19. The molecule has 0 aromatic carbocycles. The quantitative estimate of drug-likeness (QED) is 0.870. The molecule has 2 N–H and O–H groups in total. The molecule has 0 amide bonds. The van der Waals surface area contributed by atoms with Gasteiger partial charge in [-0.15, -0.1) is 0 Å². The third-order valence-corrected chi connectivity index (χ3v) is 2.64. The molecule has 3 heteroatoms. The molecule has 1 heterocycles. The molecule has 0 radical (unpaired) electrons. The van der Waals surface area contributed by atoms with E-state index in [2.05, 4.69) is 36.7 Å². The van der Waals surface area contributed by atoms with E-state index in [1.165, 1.54) is 0 Å². The lowest BCUT2D eigenvalue weighted by atomic mass is 9.79. The molecule has 0 aliphatic heterocycles. The number of rotatable bonds is 2. The van der Waals surface area contributed by atoms with Crippen molar-refractivity contribution in [3.05, 3.63) is 22.6 Å². The third-order valence-electron chi connectivity index (χ3n) is 2.22. The molecule has 2 nitrogen and oxygen atoms in total. The zero-order chi connectivity index (χ0) is 10.1. The van der Waals surface area contributed by atoms with Gasteiger partial charge in [-0.2, -0.15) is 0 Å². The molecule has 1 unspecified atom stereocenters. The van der Waals surface area contributed by atoms with E-state index in [9.17, 15) is 0 Å². The minimum atomic E-state index is 0.145. The van der Waals surface area contributed by atoms with Gasteiger partial charge in [0.05, 0.1) is 0 Å². The second-order valence-electron chi connectivity index (χ2n) is 4.30. The van der Waals surface area contributed by atoms with Gasteiger partial charge in [0.15, 0.2) is 4.67 Å². The molecular weight excluding hydrogens is 230 g/mol. The van der Waals surface area contributed by atoms with Crippen LogP contribution in [0, 0.1) is 5.41 Å². The van der Waals surface area contributed by atoms with Crippen molar-refractivity contribution in [3.8, 4) is 0 Å². The molecule has 0 aliphatic carbocycles. The van der Waals surface area contributed by atoms with Crippen LogP contribution in [-0.2, 0) is 0 Å². The maximum Gasteiger partial charge on any atom is 0.169 e. The molecule has 0 saturated carbocycles. The largest absolute Gasteiger partial charge is 0.454 e. The Hall–Kier alpha value is -0.280. The van der Waals surface area contributed by atoms with E-state index in [0.29, 0.717) is 6.54 Å². The topological polar surface area (TPSA) is 39.2 Å². The average molecular weight is 246 g/mol. The first-order valence-electron chi connectivity index (χ1n) is 4.40. The molecule has 1 aromatic heterocycles. The van der Waals surface area contributed by atoms with Gasteiger partial charge in [-0.05, 0) is 33.5 Å². The lowest BCUT2D eigenvalue weighted by molar-refractivity contribution is 0.281. The number of hydrogen-bond donors (Lipinski definition) is 1. The van der Waals surface area contributed by atoms with E-state index < -0.39 is 0 Å². The Morgan fingerprint density at radius 3 is 2.38 bits per heavy atom. The molecular formula is C10H16BrNO. The van der Waals surface area contributed by atoms with Crippen molar-refractivity contribution in [2.24, 2.45) is 11.1 Å². The van der Waals surface area contributed by atoms with Crippen molar-refractivity contribution in [2.45, 2.75) is 26.7 Å². The summed E-state index contributed by atoms with van der Waals surface area (Å²) in [6, 6.07) is 3.89. The minimum Gasteiger partial charge on any atom is -0.454 e. The number of hydrogen-bond acceptors (Lipinski definition) is 2. The summed E-state index contributed by atoms with van der Waals surface area (Å²) in [6.45, 7) is 7.12. The van der Waals surface area contributed by atoms with Crippen LogP contribution in [0.3, 0.4) is 0 Å². The van der Waals surface area contributed by atoms with Crippen LogP contribution < -0.4 is 5.73 Å². The van der Waals surface area contributed by atoms with E-state index in [4.69, 9.17) is 10.2 Å². The fourth-order valence-electron chi connectivity index (χ4n) is 1.41. The van der Waals surface area contributed by atoms with Crippen molar-refractivity contribution in [1.29, 1.82) is 0 Å². The molecule has 74 valence electrons. The van der Waals surface area contributed by atoms with Gasteiger partial charge < -0.3 is 10.2 Å². The highest BCUT2D eigenvalue weighted by Crippen LogP contribution is 2.35. The third kappa shape index (κ3) is 2.58. The zero-order valence-corrected chi connectivity index (χ0v) is 9.89. The zero-order valence-electron chi connectivity index (χ0n) is 8.30. The fourth-order valence-corrected chi connectivity index (χ4v) is 1.73. The Morgan fingerprint density at radius 1 is 1.46 bits per heavy atom. The summed E-state index contributed by atoms with van der Waals surface area (Å²) < 4.78 is 6.27. The second-order valence-corrected chi connectivity index (χ2v) is 5.08. The van der Waals surface area contributed by atoms with Gasteiger partial charge in [0.2, 0.25) is 0 Å². The summed E-state index contributed by atoms with van der Waals surface area (Å²) in [6.07, 6.45) is 0. The first kappa shape index (κ1) is 10.8. The maximum atomic E-state index is 5.72. The molecule has 0 bridgehead atoms. The molecule has 0 spiro atoms. The van der Waals surface area contributed by atoms with Crippen molar-refractivity contribution < 1.29 is 4.42 Å². The summed E-state index contributed by atoms with van der Waals surface area (Å²) in [4.78, 5) is 0. The molecule has 1 aromatic rings. The first-order chi connectivity index (χ1) is 5.95. The molecule has 1 atom stereocenters. The van der Waals surface area contributed by atoms with E-state index in [1.807, 2.05) is 12.1 Å². The van der Waals surface area contributed by atoms with Crippen LogP contribution in [0.5, 0.6) is 0 Å². The normalized spacial score (nSPS) is 14.5. The first-order valence-corrected chi connectivity index (χ1v) is 5.19. The SMILES string of the molecule is CC(C)(C)C(CN)c1ccc(Br)o1. The fraction of sp³-hybridized carbons (Fsp3) is 0.600. The monoisotopic (exact) mass is 245 g/mol. The summed E-state index contributed by atoms with van der Waals surface area (Å²) in [7, 11) is 0. The predicted molar refractivity (Wildman–Crippen MR) is 57.7 cm³/mol. The van der Waals surface area contributed by atoms with Crippen LogP contribution in [0.2, 0.25) is 0 Å². The van der Waals surface area contributed by atoms with Crippen LogP contribution in [0.4, 0.5) is 0 Å². The summed E-state index contributed by atoms with van der Waals surface area (Å²) in [5.41, 5.74) is 5.87. The lowest BCUT2D eigenvalue weighted by Gasteiger charge is -2.27. The van der Waals surface area contributed by atoms with Gasteiger partial charge in [-0.25, -0.2) is 0 Å². The predicted octanol–water partition coefficient (Wildman–Crippen LogP) is 3.13. The van der Waals surface area contributed by atoms with Crippen LogP contribution in [0.25, 0.3) is 0 Å². The van der Waals surface area contributed by atoms with Gasteiger partial charge in [-0.1, -0.05) is 20.8 Å². The summed E-state index contributed by atoms with van der Waals surface area (Å²) in [5.74, 6) is 1.24.